The predicted octanol–water partition coefficient (Wildman–Crippen LogP) is 4.88. The van der Waals surface area contributed by atoms with Gasteiger partial charge in [-0.05, 0) is 31.2 Å². The molecule has 36 heavy (non-hydrogen) atoms. The minimum Gasteiger partial charge on any atom is -0.431 e. The molecule has 2 amide bonds. The molecule has 6 nitrogen and oxygen atoms in total. The van der Waals surface area contributed by atoms with Crippen molar-refractivity contribution in [3.63, 3.8) is 0 Å². The molecule has 1 heterocycles. The van der Waals surface area contributed by atoms with Gasteiger partial charge in [-0.3, -0.25) is 9.59 Å². The molecule has 0 unspecified atom stereocenters. The lowest BCUT2D eigenvalue weighted by Gasteiger charge is -2.32. The Balaban J connectivity index is 2.11. The first-order chi connectivity index (χ1) is 16.6. The first kappa shape index (κ1) is 27.2. The van der Waals surface area contributed by atoms with E-state index in [4.69, 9.17) is 10.5 Å². The Morgan fingerprint density at radius 3 is 2.28 bits per heavy atom. The summed E-state index contributed by atoms with van der Waals surface area (Å²) in [6.45, 7) is -2.08. The molecule has 1 fully saturated rings. The molecule has 14 heteroatoms. The molecule has 2 aromatic rings. The van der Waals surface area contributed by atoms with Crippen molar-refractivity contribution in [1.82, 2.24) is 0 Å². The van der Waals surface area contributed by atoms with Crippen LogP contribution in [0.3, 0.4) is 0 Å². The van der Waals surface area contributed by atoms with Crippen molar-refractivity contribution < 1.29 is 54.2 Å². The topological polar surface area (TPSA) is 90.6 Å². The smallest absolute Gasteiger partial charge is 0.417 e. The van der Waals surface area contributed by atoms with Gasteiger partial charge in [0.2, 0.25) is 5.82 Å². The van der Waals surface area contributed by atoms with E-state index in [0.29, 0.717) is 19.1 Å². The molecule has 3 N–H and O–H groups in total. The maximum atomic E-state index is 14.4. The summed E-state index contributed by atoms with van der Waals surface area (Å²) < 4.78 is 119. The van der Waals surface area contributed by atoms with Crippen LogP contribution in [0.5, 0.6) is 5.75 Å². The van der Waals surface area contributed by atoms with Crippen LogP contribution < -0.4 is 15.8 Å². The minimum absolute atomic E-state index is 0.264. The summed E-state index contributed by atoms with van der Waals surface area (Å²) >= 11 is 0. The van der Waals surface area contributed by atoms with Gasteiger partial charge < -0.3 is 20.5 Å². The van der Waals surface area contributed by atoms with E-state index in [9.17, 15) is 44.7 Å². The summed E-state index contributed by atoms with van der Waals surface area (Å²) in [7, 11) is 0. The van der Waals surface area contributed by atoms with Crippen molar-refractivity contribution in [3.8, 4) is 5.75 Å². The number of carbonyl (C=O) groups is 2. The lowest BCUT2D eigenvalue weighted by atomic mass is 9.77. The summed E-state index contributed by atoms with van der Waals surface area (Å²) in [4.78, 5) is 24.4. The number of nitrogens with one attached hydrogen (secondary N) is 1. The van der Waals surface area contributed by atoms with Gasteiger partial charge in [0.1, 0.15) is 11.9 Å². The number of benzene rings is 2. The quantitative estimate of drug-likeness (QED) is 0.525. The summed E-state index contributed by atoms with van der Waals surface area (Å²) in [6, 6.07) is 3.74. The van der Waals surface area contributed by atoms with E-state index in [-0.39, 0.29) is 5.69 Å². The standard InChI is InChI=1S/C22H18F8N2O4/c1-8-14(10-4-6-13(24)15(25)16(10)35-20(26)27)17(36-21(8,2)22(28,29)30)19(34)32-9-3-5-12(23)11(7-9)18(31)33/h3-8,14,17,20H,1-2H3,(H2,31,33)(H,32,34)/t8-,14+,17-,21-/m1/s1. The van der Waals surface area contributed by atoms with Gasteiger partial charge in [0, 0.05) is 23.1 Å². The van der Waals surface area contributed by atoms with Gasteiger partial charge in [0.05, 0.1) is 5.56 Å². The van der Waals surface area contributed by atoms with E-state index in [1.54, 1.807) is 0 Å². The van der Waals surface area contributed by atoms with Crippen LogP contribution in [0.25, 0.3) is 0 Å². The fourth-order valence-corrected chi connectivity index (χ4v) is 4.05. The second kappa shape index (κ2) is 9.56. The highest BCUT2D eigenvalue weighted by atomic mass is 19.4. The van der Waals surface area contributed by atoms with Crippen LogP contribution in [0, 0.1) is 23.4 Å². The number of anilines is 1. The Labute approximate surface area is 198 Å². The Morgan fingerprint density at radius 1 is 1.11 bits per heavy atom. The van der Waals surface area contributed by atoms with Gasteiger partial charge in [-0.1, -0.05) is 13.0 Å². The highest BCUT2D eigenvalue weighted by Crippen LogP contribution is 2.55. The maximum Gasteiger partial charge on any atom is 0.417 e. The Morgan fingerprint density at radius 2 is 1.72 bits per heavy atom. The van der Waals surface area contributed by atoms with E-state index in [0.717, 1.165) is 25.1 Å². The molecule has 1 aliphatic heterocycles. The molecule has 0 spiro atoms. The molecule has 0 bridgehead atoms. The van der Waals surface area contributed by atoms with Crippen molar-refractivity contribution in [3.05, 3.63) is 58.9 Å². The normalized spacial score (nSPS) is 24.1. The average Bonchev–Trinajstić information content (AvgIpc) is 3.04. The van der Waals surface area contributed by atoms with E-state index >= 15 is 0 Å². The van der Waals surface area contributed by atoms with Crippen molar-refractivity contribution >= 4 is 17.5 Å². The fourth-order valence-electron chi connectivity index (χ4n) is 4.05. The SMILES string of the molecule is C[C@@H]1[C@@H](c2ccc(F)c(F)c2OC(F)F)[C@H](C(=O)Nc2ccc(F)c(C(N)=O)c2)O[C@@]1(C)C(F)(F)F. The van der Waals surface area contributed by atoms with Crippen LogP contribution in [0.1, 0.15) is 35.7 Å². The van der Waals surface area contributed by atoms with Gasteiger partial charge >= 0.3 is 12.8 Å². The molecular weight excluding hydrogens is 508 g/mol. The number of primary amides is 1. The molecule has 4 atom stereocenters. The van der Waals surface area contributed by atoms with Gasteiger partial charge in [-0.15, -0.1) is 0 Å². The molecule has 196 valence electrons. The third-order valence-electron chi connectivity index (χ3n) is 6.07. The minimum atomic E-state index is -5.09. The summed E-state index contributed by atoms with van der Waals surface area (Å²) in [5, 5.41) is 2.14. The summed E-state index contributed by atoms with van der Waals surface area (Å²) in [5.74, 6) is -11.9. The Bertz CT molecular complexity index is 1190. The molecule has 1 aliphatic rings. The number of nitrogens with two attached hydrogens (primary N) is 1. The van der Waals surface area contributed by atoms with Crippen molar-refractivity contribution in [2.75, 3.05) is 5.32 Å². The number of amides is 2. The average molecular weight is 526 g/mol. The summed E-state index contributed by atoms with van der Waals surface area (Å²) in [5.41, 5.74) is 0.424. The maximum absolute atomic E-state index is 14.4. The van der Waals surface area contributed by atoms with Crippen molar-refractivity contribution in [1.29, 1.82) is 0 Å². The number of hydrogen-bond donors (Lipinski definition) is 2. The third-order valence-corrected chi connectivity index (χ3v) is 6.07. The Kier molecular flexibility index (Phi) is 7.22. The first-order valence-corrected chi connectivity index (χ1v) is 10.2. The molecule has 0 saturated carbocycles. The van der Waals surface area contributed by atoms with Gasteiger partial charge in [0.15, 0.2) is 17.2 Å². The molecule has 3 rings (SSSR count). The van der Waals surface area contributed by atoms with Crippen LogP contribution in [0.4, 0.5) is 40.8 Å². The van der Waals surface area contributed by atoms with E-state index in [1.807, 2.05) is 0 Å². The zero-order valence-corrected chi connectivity index (χ0v) is 18.4. The van der Waals surface area contributed by atoms with Crippen LogP contribution in [-0.4, -0.2) is 36.3 Å². The Hall–Kier alpha value is -3.42. The zero-order valence-electron chi connectivity index (χ0n) is 18.4. The monoisotopic (exact) mass is 526 g/mol. The molecule has 0 radical (unpaired) electrons. The number of hydrogen-bond acceptors (Lipinski definition) is 4. The molecule has 1 saturated heterocycles. The fraction of sp³-hybridized carbons (Fsp3) is 0.364. The van der Waals surface area contributed by atoms with Crippen LogP contribution in [-0.2, 0) is 9.53 Å². The molecule has 0 aromatic heterocycles. The van der Waals surface area contributed by atoms with Crippen molar-refractivity contribution in [2.45, 2.75) is 44.3 Å². The van der Waals surface area contributed by atoms with Gasteiger partial charge in [0.25, 0.3) is 11.8 Å². The largest absolute Gasteiger partial charge is 0.431 e. The number of ether oxygens (including phenoxy) is 2. The lowest BCUT2D eigenvalue weighted by Crippen LogP contribution is -2.47. The highest BCUT2D eigenvalue weighted by molar-refractivity contribution is 5.98. The summed E-state index contributed by atoms with van der Waals surface area (Å²) in [6.07, 6.45) is -7.18. The highest BCUT2D eigenvalue weighted by Gasteiger charge is 2.66. The molecule has 2 aromatic carbocycles. The van der Waals surface area contributed by atoms with Crippen LogP contribution in [0.15, 0.2) is 30.3 Å². The second-order valence-electron chi connectivity index (χ2n) is 8.16. The number of carbonyl (C=O) groups excluding carboxylic acids is 2. The van der Waals surface area contributed by atoms with Gasteiger partial charge in [-0.25, -0.2) is 8.78 Å². The number of alkyl halides is 5. The molecule has 0 aliphatic carbocycles. The third kappa shape index (κ3) is 4.81. The zero-order chi connectivity index (χ0) is 27.2. The predicted molar refractivity (Wildman–Crippen MR) is 108 cm³/mol. The first-order valence-electron chi connectivity index (χ1n) is 10.2. The van der Waals surface area contributed by atoms with Crippen molar-refractivity contribution in [2.24, 2.45) is 11.7 Å². The van der Waals surface area contributed by atoms with Crippen LogP contribution >= 0.6 is 0 Å². The number of halogens is 8. The second-order valence-corrected chi connectivity index (χ2v) is 8.16. The molecular formula is C22H18F8N2O4. The van der Waals surface area contributed by atoms with Crippen LogP contribution in [0.2, 0.25) is 0 Å². The number of rotatable bonds is 6. The van der Waals surface area contributed by atoms with Gasteiger partial charge in [-0.2, -0.15) is 26.3 Å². The van der Waals surface area contributed by atoms with E-state index in [2.05, 4.69) is 10.1 Å². The van der Waals surface area contributed by atoms with E-state index < -0.39 is 82.5 Å². The lowest BCUT2D eigenvalue weighted by molar-refractivity contribution is -0.272. The van der Waals surface area contributed by atoms with E-state index in [1.165, 1.54) is 0 Å².